The van der Waals surface area contributed by atoms with E-state index in [-0.39, 0.29) is 5.75 Å². The van der Waals surface area contributed by atoms with Crippen LogP contribution in [0.2, 0.25) is 0 Å². The topological polar surface area (TPSA) is 103 Å². The number of fused-ring (bicyclic) bond motifs is 1. The molecular weight excluding hydrogens is 240 g/mol. The number of rotatable bonds is 2. The van der Waals surface area contributed by atoms with E-state index in [0.29, 0.717) is 23.3 Å². The fraction of sp³-hybridized carbons (Fsp3) is 0.364. The lowest BCUT2D eigenvalue weighted by Crippen LogP contribution is -2.28. The summed E-state index contributed by atoms with van der Waals surface area (Å²) in [6.45, 7) is 0. The van der Waals surface area contributed by atoms with E-state index in [0.717, 1.165) is 5.56 Å². The van der Waals surface area contributed by atoms with Gasteiger partial charge in [0.15, 0.2) is 9.84 Å². The lowest BCUT2D eigenvalue weighted by atomic mass is 10.0. The number of carbonyl (C=O) groups is 1. The predicted molar refractivity (Wildman–Crippen MR) is 62.9 cm³/mol. The molecule has 5 nitrogen and oxygen atoms in total. The second-order valence-corrected chi connectivity index (χ2v) is 6.25. The molecule has 4 N–H and O–H groups in total. The van der Waals surface area contributed by atoms with Crippen molar-refractivity contribution >= 4 is 15.7 Å². The highest BCUT2D eigenvalue weighted by molar-refractivity contribution is 7.91. The fourth-order valence-corrected chi connectivity index (χ4v) is 3.60. The summed E-state index contributed by atoms with van der Waals surface area (Å²) >= 11 is 0. The average Bonchev–Trinajstić information content (AvgIpc) is 2.27. The molecule has 0 bridgehead atoms. The Hall–Kier alpha value is -1.40. The molecule has 1 aromatic carbocycles. The van der Waals surface area contributed by atoms with Crippen LogP contribution >= 0.6 is 0 Å². The summed E-state index contributed by atoms with van der Waals surface area (Å²) < 4.78 is 23.5. The van der Waals surface area contributed by atoms with Gasteiger partial charge in [0, 0.05) is 0 Å². The van der Waals surface area contributed by atoms with Gasteiger partial charge >= 0.3 is 0 Å². The molecule has 6 heteroatoms. The highest BCUT2D eigenvalue weighted by Gasteiger charge is 2.24. The summed E-state index contributed by atoms with van der Waals surface area (Å²) in [5, 5.41) is 0. The number of amides is 1. The Kier molecular flexibility index (Phi) is 2.92. The van der Waals surface area contributed by atoms with Gasteiger partial charge in [-0.05, 0) is 30.0 Å². The van der Waals surface area contributed by atoms with E-state index in [1.165, 1.54) is 6.07 Å². The van der Waals surface area contributed by atoms with Gasteiger partial charge in [-0.3, -0.25) is 4.79 Å². The van der Waals surface area contributed by atoms with Crippen molar-refractivity contribution in [3.05, 3.63) is 29.3 Å². The van der Waals surface area contributed by atoms with Gasteiger partial charge in [0.1, 0.15) is 6.04 Å². The standard InChI is InChI=1S/C11H14N2O3S/c12-10(11(13)14)8-3-4-9-7(6-8)2-1-5-17(9,15)16/h3-4,6,10H,1-2,5,12H2,(H2,13,14). The van der Waals surface area contributed by atoms with E-state index in [1.54, 1.807) is 12.1 Å². The second-order valence-electron chi connectivity index (χ2n) is 4.17. The number of nitrogens with two attached hydrogens (primary N) is 2. The smallest absolute Gasteiger partial charge is 0.238 e. The summed E-state index contributed by atoms with van der Waals surface area (Å²) in [7, 11) is -3.16. The molecule has 0 aromatic heterocycles. The number of hydrogen-bond donors (Lipinski definition) is 2. The van der Waals surface area contributed by atoms with E-state index in [4.69, 9.17) is 11.5 Å². The highest BCUT2D eigenvalue weighted by atomic mass is 32.2. The van der Waals surface area contributed by atoms with Crippen LogP contribution in [0.15, 0.2) is 23.1 Å². The van der Waals surface area contributed by atoms with Crippen molar-refractivity contribution in [2.75, 3.05) is 5.75 Å². The summed E-state index contributed by atoms with van der Waals surface area (Å²) in [5.74, 6) is -0.440. The van der Waals surface area contributed by atoms with Gasteiger partial charge in [-0.25, -0.2) is 8.42 Å². The monoisotopic (exact) mass is 254 g/mol. The molecule has 1 unspecified atom stereocenters. The van der Waals surface area contributed by atoms with Gasteiger partial charge in [-0.2, -0.15) is 0 Å². The Labute approximate surface area is 99.7 Å². The van der Waals surface area contributed by atoms with Crippen molar-refractivity contribution in [2.45, 2.75) is 23.8 Å². The molecule has 1 atom stereocenters. The molecule has 1 aromatic rings. The summed E-state index contributed by atoms with van der Waals surface area (Å²) in [4.78, 5) is 11.3. The van der Waals surface area contributed by atoms with Crippen LogP contribution in [0, 0.1) is 0 Å². The molecule has 1 heterocycles. The van der Waals surface area contributed by atoms with Crippen molar-refractivity contribution in [3.8, 4) is 0 Å². The summed E-state index contributed by atoms with van der Waals surface area (Å²) in [5.41, 5.74) is 12.0. The van der Waals surface area contributed by atoms with Crippen molar-refractivity contribution in [3.63, 3.8) is 0 Å². The first-order valence-corrected chi connectivity index (χ1v) is 6.97. The third-order valence-electron chi connectivity index (χ3n) is 2.94. The zero-order valence-corrected chi connectivity index (χ0v) is 10.0. The van der Waals surface area contributed by atoms with E-state index in [2.05, 4.69) is 0 Å². The number of benzene rings is 1. The number of hydrogen-bond acceptors (Lipinski definition) is 4. The van der Waals surface area contributed by atoms with Crippen molar-refractivity contribution in [2.24, 2.45) is 11.5 Å². The van der Waals surface area contributed by atoms with Gasteiger partial charge in [0.25, 0.3) is 0 Å². The van der Waals surface area contributed by atoms with Crippen LogP contribution in [-0.2, 0) is 21.1 Å². The zero-order chi connectivity index (χ0) is 12.6. The minimum atomic E-state index is -3.16. The first-order chi connectivity index (χ1) is 7.92. The van der Waals surface area contributed by atoms with Gasteiger partial charge in [0.2, 0.25) is 5.91 Å². The Balaban J connectivity index is 2.48. The fourth-order valence-electron chi connectivity index (χ4n) is 2.02. The summed E-state index contributed by atoms with van der Waals surface area (Å²) in [6.07, 6.45) is 1.29. The van der Waals surface area contributed by atoms with Gasteiger partial charge in [-0.15, -0.1) is 0 Å². The third kappa shape index (κ3) is 2.18. The Morgan fingerprint density at radius 1 is 1.35 bits per heavy atom. The Morgan fingerprint density at radius 3 is 2.71 bits per heavy atom. The molecule has 2 rings (SSSR count). The lowest BCUT2D eigenvalue weighted by Gasteiger charge is -2.18. The molecule has 0 radical (unpaired) electrons. The van der Waals surface area contributed by atoms with Gasteiger partial charge in [-0.1, -0.05) is 12.1 Å². The SMILES string of the molecule is NC(=O)C(N)c1ccc2c(c1)CCCS2(=O)=O. The molecule has 0 saturated heterocycles. The van der Waals surface area contributed by atoms with Crippen LogP contribution < -0.4 is 11.5 Å². The zero-order valence-electron chi connectivity index (χ0n) is 9.22. The molecule has 1 aliphatic heterocycles. The quantitative estimate of drug-likeness (QED) is 0.768. The van der Waals surface area contributed by atoms with Crippen molar-refractivity contribution in [1.29, 1.82) is 0 Å². The molecule has 0 fully saturated rings. The Bertz CT molecular complexity index is 566. The van der Waals surface area contributed by atoms with Crippen LogP contribution in [-0.4, -0.2) is 20.1 Å². The summed E-state index contributed by atoms with van der Waals surface area (Å²) in [6, 6.07) is 3.85. The van der Waals surface area contributed by atoms with Crippen LogP contribution in [0.4, 0.5) is 0 Å². The predicted octanol–water partition coefficient (Wildman–Crippen LogP) is -0.108. The number of aryl methyl sites for hydroxylation is 1. The van der Waals surface area contributed by atoms with E-state index >= 15 is 0 Å². The van der Waals surface area contributed by atoms with E-state index < -0.39 is 21.8 Å². The lowest BCUT2D eigenvalue weighted by molar-refractivity contribution is -0.119. The molecule has 1 aliphatic rings. The third-order valence-corrected chi connectivity index (χ3v) is 4.84. The minimum absolute atomic E-state index is 0.182. The van der Waals surface area contributed by atoms with Crippen LogP contribution in [0.5, 0.6) is 0 Å². The first-order valence-electron chi connectivity index (χ1n) is 5.32. The molecule has 0 spiro atoms. The second kappa shape index (κ2) is 4.12. The number of carbonyl (C=O) groups excluding carboxylic acids is 1. The Morgan fingerprint density at radius 2 is 2.06 bits per heavy atom. The first kappa shape index (κ1) is 12.1. The normalized spacial score (nSPS) is 19.4. The van der Waals surface area contributed by atoms with E-state index in [9.17, 15) is 13.2 Å². The molecule has 17 heavy (non-hydrogen) atoms. The molecular formula is C11H14N2O3S. The highest BCUT2D eigenvalue weighted by Crippen LogP contribution is 2.27. The minimum Gasteiger partial charge on any atom is -0.368 e. The van der Waals surface area contributed by atoms with Crippen molar-refractivity contribution in [1.82, 2.24) is 0 Å². The maximum absolute atomic E-state index is 11.8. The number of primary amides is 1. The largest absolute Gasteiger partial charge is 0.368 e. The molecule has 0 saturated carbocycles. The molecule has 92 valence electrons. The average molecular weight is 254 g/mol. The van der Waals surface area contributed by atoms with Gasteiger partial charge in [0.05, 0.1) is 10.6 Å². The van der Waals surface area contributed by atoms with Gasteiger partial charge < -0.3 is 11.5 Å². The van der Waals surface area contributed by atoms with E-state index in [1.807, 2.05) is 0 Å². The maximum Gasteiger partial charge on any atom is 0.238 e. The van der Waals surface area contributed by atoms with Crippen LogP contribution in [0.3, 0.4) is 0 Å². The molecule has 0 aliphatic carbocycles. The van der Waals surface area contributed by atoms with Crippen molar-refractivity contribution < 1.29 is 13.2 Å². The number of sulfone groups is 1. The maximum atomic E-state index is 11.8. The molecule has 1 amide bonds. The van der Waals surface area contributed by atoms with Crippen LogP contribution in [0.1, 0.15) is 23.6 Å². The van der Waals surface area contributed by atoms with Crippen LogP contribution in [0.25, 0.3) is 0 Å².